The third kappa shape index (κ3) is 2.06. The van der Waals surface area contributed by atoms with Gasteiger partial charge in [-0.3, -0.25) is 0 Å². The molecule has 3 rings (SSSR count). The van der Waals surface area contributed by atoms with E-state index in [9.17, 15) is 8.42 Å². The number of methoxy groups -OCH3 is 1. The van der Waals surface area contributed by atoms with E-state index in [1.54, 1.807) is 25.1 Å². The summed E-state index contributed by atoms with van der Waals surface area (Å²) in [4.78, 5) is 8.29. The maximum atomic E-state index is 12.9. The van der Waals surface area contributed by atoms with Gasteiger partial charge in [0.05, 0.1) is 22.4 Å². The molecule has 0 amide bonds. The van der Waals surface area contributed by atoms with Crippen LogP contribution in [0.15, 0.2) is 46.6 Å². The van der Waals surface area contributed by atoms with Gasteiger partial charge in [0, 0.05) is 0 Å². The fourth-order valence-electron chi connectivity index (χ4n) is 2.29. The van der Waals surface area contributed by atoms with E-state index in [4.69, 9.17) is 4.74 Å². The summed E-state index contributed by atoms with van der Waals surface area (Å²) in [6, 6.07) is 8.15. The molecule has 1 aromatic carbocycles. The average molecular weight is 335 g/mol. The molecule has 0 N–H and O–H groups in total. The molecule has 0 saturated heterocycles. The van der Waals surface area contributed by atoms with Crippen molar-refractivity contribution >= 4 is 33.7 Å². The molecule has 8 heteroatoms. The van der Waals surface area contributed by atoms with Gasteiger partial charge >= 0.3 is 0 Å². The van der Waals surface area contributed by atoms with E-state index in [2.05, 4.69) is 22.6 Å². The van der Waals surface area contributed by atoms with Crippen LogP contribution < -0.4 is 4.74 Å². The summed E-state index contributed by atoms with van der Waals surface area (Å²) >= 11 is 4.36. The van der Waals surface area contributed by atoms with Gasteiger partial charge in [-0.1, -0.05) is 18.2 Å². The van der Waals surface area contributed by atoms with Crippen molar-refractivity contribution < 1.29 is 13.2 Å². The molecular weight excluding hydrogens is 322 g/mol. The molecule has 0 fully saturated rings. The molecule has 2 aromatic heterocycles. The Morgan fingerprint density at radius 3 is 2.50 bits per heavy atom. The minimum absolute atomic E-state index is 0.166. The highest BCUT2D eigenvalue weighted by Crippen LogP contribution is 2.34. The third-order valence-electron chi connectivity index (χ3n) is 3.36. The summed E-state index contributed by atoms with van der Waals surface area (Å²) < 4.78 is 32.1. The lowest BCUT2D eigenvalue weighted by Crippen LogP contribution is -2.14. The van der Waals surface area contributed by atoms with E-state index in [0.29, 0.717) is 16.8 Å². The van der Waals surface area contributed by atoms with Gasteiger partial charge in [0.15, 0.2) is 5.65 Å². The zero-order valence-corrected chi connectivity index (χ0v) is 13.6. The van der Waals surface area contributed by atoms with Crippen molar-refractivity contribution in [2.24, 2.45) is 0 Å². The first kappa shape index (κ1) is 14.9. The maximum Gasteiger partial charge on any atom is 0.270 e. The SMILES string of the molecule is COc1ncnc2c1c(C)c(S)n2S(=O)(=O)c1ccccc1. The summed E-state index contributed by atoms with van der Waals surface area (Å²) in [5.41, 5.74) is 0.897. The van der Waals surface area contributed by atoms with Crippen LogP contribution in [0.25, 0.3) is 11.0 Å². The smallest absolute Gasteiger partial charge is 0.270 e. The fraction of sp³-hybridized carbons (Fsp3) is 0.143. The Bertz CT molecular complexity index is 950. The zero-order valence-electron chi connectivity index (χ0n) is 11.9. The number of benzene rings is 1. The van der Waals surface area contributed by atoms with Crippen LogP contribution in [0, 0.1) is 6.92 Å². The van der Waals surface area contributed by atoms with Gasteiger partial charge in [0.25, 0.3) is 10.0 Å². The Balaban J connectivity index is 2.40. The Morgan fingerprint density at radius 2 is 1.86 bits per heavy atom. The van der Waals surface area contributed by atoms with Crippen molar-refractivity contribution in [1.82, 2.24) is 13.9 Å². The number of thiol groups is 1. The lowest BCUT2D eigenvalue weighted by atomic mass is 10.3. The Kier molecular flexibility index (Phi) is 3.57. The van der Waals surface area contributed by atoms with E-state index < -0.39 is 10.0 Å². The molecule has 2 heterocycles. The Hall–Kier alpha value is -2.06. The van der Waals surface area contributed by atoms with E-state index in [-0.39, 0.29) is 15.6 Å². The van der Waals surface area contributed by atoms with E-state index in [1.165, 1.54) is 25.6 Å². The first-order chi connectivity index (χ1) is 10.5. The number of aryl methyl sites for hydroxylation is 1. The average Bonchev–Trinajstić information content (AvgIpc) is 2.80. The number of aromatic nitrogens is 3. The monoisotopic (exact) mass is 335 g/mol. The summed E-state index contributed by atoms with van der Waals surface area (Å²) in [5, 5.41) is 0.826. The van der Waals surface area contributed by atoms with Crippen LogP contribution in [-0.2, 0) is 10.0 Å². The van der Waals surface area contributed by atoms with E-state index in [1.807, 2.05) is 0 Å². The maximum absolute atomic E-state index is 12.9. The number of hydrogen-bond acceptors (Lipinski definition) is 6. The molecule has 22 heavy (non-hydrogen) atoms. The van der Waals surface area contributed by atoms with Crippen LogP contribution in [0.4, 0.5) is 0 Å². The van der Waals surface area contributed by atoms with Crippen LogP contribution in [0.1, 0.15) is 5.56 Å². The zero-order chi connectivity index (χ0) is 15.9. The van der Waals surface area contributed by atoms with Gasteiger partial charge in [-0.05, 0) is 24.6 Å². The van der Waals surface area contributed by atoms with Crippen LogP contribution in [0.5, 0.6) is 5.88 Å². The summed E-state index contributed by atoms with van der Waals surface area (Å²) in [5.74, 6) is 0.319. The van der Waals surface area contributed by atoms with Crippen molar-refractivity contribution in [3.8, 4) is 5.88 Å². The van der Waals surface area contributed by atoms with Crippen LogP contribution >= 0.6 is 12.6 Å². The summed E-state index contributed by atoms with van der Waals surface area (Å²) in [6.07, 6.45) is 1.27. The van der Waals surface area contributed by atoms with Crippen molar-refractivity contribution in [1.29, 1.82) is 0 Å². The van der Waals surface area contributed by atoms with Crippen LogP contribution in [0.3, 0.4) is 0 Å². The van der Waals surface area contributed by atoms with Crippen molar-refractivity contribution in [3.05, 3.63) is 42.2 Å². The first-order valence-corrected chi connectivity index (χ1v) is 8.26. The van der Waals surface area contributed by atoms with Crippen LogP contribution in [0.2, 0.25) is 0 Å². The second-order valence-corrected chi connectivity index (χ2v) is 6.82. The molecule has 114 valence electrons. The summed E-state index contributed by atoms with van der Waals surface area (Å²) in [7, 11) is -2.33. The predicted octanol–water partition coefficient (Wildman–Crippen LogP) is 2.27. The highest BCUT2D eigenvalue weighted by Gasteiger charge is 2.26. The predicted molar refractivity (Wildman–Crippen MR) is 85.1 cm³/mol. The molecule has 0 atom stereocenters. The highest BCUT2D eigenvalue weighted by molar-refractivity contribution is 7.91. The minimum atomic E-state index is -3.81. The molecule has 0 unspecified atom stereocenters. The molecule has 6 nitrogen and oxygen atoms in total. The molecule has 0 bridgehead atoms. The van der Waals surface area contributed by atoms with Gasteiger partial charge in [-0.2, -0.15) is 0 Å². The molecule has 0 aliphatic heterocycles. The van der Waals surface area contributed by atoms with Crippen LogP contribution in [-0.4, -0.2) is 29.5 Å². The molecule has 0 aliphatic carbocycles. The molecule has 0 radical (unpaired) electrons. The molecule has 0 spiro atoms. The number of hydrogen-bond donors (Lipinski definition) is 1. The lowest BCUT2D eigenvalue weighted by molar-refractivity contribution is 0.402. The fourth-order valence-corrected chi connectivity index (χ4v) is 4.26. The molecule has 0 saturated carbocycles. The van der Waals surface area contributed by atoms with Gasteiger partial charge < -0.3 is 4.74 Å². The number of nitrogens with zero attached hydrogens (tertiary/aromatic N) is 3. The second-order valence-electron chi connectivity index (χ2n) is 4.61. The lowest BCUT2D eigenvalue weighted by Gasteiger charge is -2.08. The number of rotatable bonds is 3. The van der Waals surface area contributed by atoms with Gasteiger partial charge in [-0.25, -0.2) is 22.4 Å². The van der Waals surface area contributed by atoms with Crippen molar-refractivity contribution in [2.45, 2.75) is 16.8 Å². The Morgan fingerprint density at radius 1 is 1.18 bits per heavy atom. The topological polar surface area (TPSA) is 74.1 Å². The van der Waals surface area contributed by atoms with Gasteiger partial charge in [0.2, 0.25) is 5.88 Å². The summed E-state index contributed by atoms with van der Waals surface area (Å²) in [6.45, 7) is 1.76. The molecule has 3 aromatic rings. The Labute approximate surface area is 133 Å². The number of ether oxygens (including phenoxy) is 1. The van der Waals surface area contributed by atoms with E-state index >= 15 is 0 Å². The van der Waals surface area contributed by atoms with Crippen molar-refractivity contribution in [3.63, 3.8) is 0 Å². The minimum Gasteiger partial charge on any atom is -0.480 e. The molecular formula is C14H13N3O3S2. The molecule has 0 aliphatic rings. The first-order valence-electron chi connectivity index (χ1n) is 6.38. The van der Waals surface area contributed by atoms with Gasteiger partial charge in [0.1, 0.15) is 6.33 Å². The highest BCUT2D eigenvalue weighted by atomic mass is 32.2. The quantitative estimate of drug-likeness (QED) is 0.743. The normalized spacial score (nSPS) is 11.8. The third-order valence-corrected chi connectivity index (χ3v) is 5.74. The standard InChI is InChI=1S/C14H13N3O3S2/c1-9-11-12(15-8-16-13(11)20-2)17(14(9)21)22(18,19)10-6-4-3-5-7-10/h3-8,21H,1-2H3. The number of fused-ring (bicyclic) bond motifs is 1. The second kappa shape index (κ2) is 5.29. The van der Waals surface area contributed by atoms with E-state index in [0.717, 1.165) is 3.97 Å². The largest absolute Gasteiger partial charge is 0.480 e. The van der Waals surface area contributed by atoms with Gasteiger partial charge in [-0.15, -0.1) is 12.6 Å². The van der Waals surface area contributed by atoms with Crippen molar-refractivity contribution in [2.75, 3.05) is 7.11 Å².